The van der Waals surface area contributed by atoms with Crippen LogP contribution in [-0.2, 0) is 17.8 Å². The predicted octanol–water partition coefficient (Wildman–Crippen LogP) is 4.10. The average molecular weight is 368 g/mol. The number of carbonyl (C=O) groups excluding carboxylic acids is 1. The van der Waals surface area contributed by atoms with E-state index in [4.69, 9.17) is 16.0 Å². The van der Waals surface area contributed by atoms with Gasteiger partial charge in [0.05, 0.1) is 10.9 Å². The number of aromatic nitrogens is 2. The first-order chi connectivity index (χ1) is 11.1. The standard InChI is InChI=1S/C15H14ClN3O2S2/c1-19(8-11-2-3-12(16)23-11)14(20)5-4-13-17-18-15(21-13)10-6-7-22-9-10/h2-3,6-7,9H,4-5,8H2,1H3. The fourth-order valence-electron chi connectivity index (χ4n) is 2.02. The largest absolute Gasteiger partial charge is 0.421 e. The van der Waals surface area contributed by atoms with E-state index in [1.807, 2.05) is 29.0 Å². The van der Waals surface area contributed by atoms with Crippen molar-refractivity contribution in [2.75, 3.05) is 7.05 Å². The molecule has 3 aromatic rings. The number of carbonyl (C=O) groups is 1. The maximum Gasteiger partial charge on any atom is 0.248 e. The van der Waals surface area contributed by atoms with Crippen molar-refractivity contribution < 1.29 is 9.21 Å². The maximum atomic E-state index is 12.2. The van der Waals surface area contributed by atoms with Gasteiger partial charge in [-0.1, -0.05) is 11.6 Å². The highest BCUT2D eigenvalue weighted by Crippen LogP contribution is 2.23. The first-order valence-corrected chi connectivity index (χ1v) is 9.08. The molecule has 0 aliphatic rings. The minimum atomic E-state index is 0.0322. The molecule has 3 heterocycles. The molecule has 0 fully saturated rings. The van der Waals surface area contributed by atoms with E-state index in [0.717, 1.165) is 14.8 Å². The van der Waals surface area contributed by atoms with Crippen molar-refractivity contribution >= 4 is 40.2 Å². The lowest BCUT2D eigenvalue weighted by Crippen LogP contribution is -2.26. The Morgan fingerprint density at radius 1 is 1.35 bits per heavy atom. The fraction of sp³-hybridized carbons (Fsp3) is 0.267. The molecule has 0 saturated carbocycles. The number of amides is 1. The van der Waals surface area contributed by atoms with Crippen molar-refractivity contribution in [3.8, 4) is 11.5 Å². The van der Waals surface area contributed by atoms with Gasteiger partial charge in [0.2, 0.25) is 17.7 Å². The van der Waals surface area contributed by atoms with Crippen LogP contribution in [-0.4, -0.2) is 28.1 Å². The molecule has 0 N–H and O–H groups in total. The highest BCUT2D eigenvalue weighted by atomic mass is 35.5. The Hall–Kier alpha value is -1.70. The molecule has 5 nitrogen and oxygen atoms in total. The highest BCUT2D eigenvalue weighted by Gasteiger charge is 2.14. The molecule has 0 aliphatic heterocycles. The van der Waals surface area contributed by atoms with E-state index in [2.05, 4.69) is 10.2 Å². The lowest BCUT2D eigenvalue weighted by Gasteiger charge is -2.15. The Labute approximate surface area is 146 Å². The van der Waals surface area contributed by atoms with Gasteiger partial charge in [0, 0.05) is 35.7 Å². The molecular formula is C15H14ClN3O2S2. The van der Waals surface area contributed by atoms with Gasteiger partial charge in [-0.3, -0.25) is 4.79 Å². The minimum absolute atomic E-state index is 0.0322. The second-order valence-electron chi connectivity index (χ2n) is 4.97. The first-order valence-electron chi connectivity index (χ1n) is 6.95. The Balaban J connectivity index is 1.52. The zero-order valence-corrected chi connectivity index (χ0v) is 14.7. The summed E-state index contributed by atoms with van der Waals surface area (Å²) in [5.41, 5.74) is 0.909. The van der Waals surface area contributed by atoms with Crippen LogP contribution in [0.2, 0.25) is 4.34 Å². The monoisotopic (exact) mass is 367 g/mol. The van der Waals surface area contributed by atoms with E-state index in [-0.39, 0.29) is 5.91 Å². The van der Waals surface area contributed by atoms with Crippen LogP contribution in [0.25, 0.3) is 11.5 Å². The smallest absolute Gasteiger partial charge is 0.248 e. The topological polar surface area (TPSA) is 59.2 Å². The van der Waals surface area contributed by atoms with Gasteiger partial charge < -0.3 is 9.32 Å². The summed E-state index contributed by atoms with van der Waals surface area (Å²) in [4.78, 5) is 14.9. The van der Waals surface area contributed by atoms with Crippen molar-refractivity contribution in [2.45, 2.75) is 19.4 Å². The molecule has 3 rings (SSSR count). The lowest BCUT2D eigenvalue weighted by molar-refractivity contribution is -0.130. The molecule has 0 unspecified atom stereocenters. The van der Waals surface area contributed by atoms with Crippen molar-refractivity contribution in [1.82, 2.24) is 15.1 Å². The summed E-state index contributed by atoms with van der Waals surface area (Å²) >= 11 is 8.95. The lowest BCUT2D eigenvalue weighted by atomic mass is 10.2. The van der Waals surface area contributed by atoms with Gasteiger partial charge >= 0.3 is 0 Å². The molecule has 3 aromatic heterocycles. The zero-order chi connectivity index (χ0) is 16.2. The van der Waals surface area contributed by atoms with Crippen LogP contribution < -0.4 is 0 Å². The van der Waals surface area contributed by atoms with E-state index >= 15 is 0 Å². The summed E-state index contributed by atoms with van der Waals surface area (Å²) in [6, 6.07) is 5.69. The molecule has 23 heavy (non-hydrogen) atoms. The van der Waals surface area contributed by atoms with Gasteiger partial charge in [-0.25, -0.2) is 0 Å². The van der Waals surface area contributed by atoms with Gasteiger partial charge in [0.15, 0.2) is 0 Å². The van der Waals surface area contributed by atoms with Crippen LogP contribution in [0.1, 0.15) is 17.2 Å². The number of hydrogen-bond acceptors (Lipinski definition) is 6. The van der Waals surface area contributed by atoms with Crippen LogP contribution in [0.15, 0.2) is 33.4 Å². The van der Waals surface area contributed by atoms with Crippen molar-refractivity contribution in [1.29, 1.82) is 0 Å². The third-order valence-electron chi connectivity index (χ3n) is 3.24. The molecule has 0 radical (unpaired) electrons. The molecule has 0 bridgehead atoms. The number of aryl methyl sites for hydroxylation is 1. The molecule has 8 heteroatoms. The quantitative estimate of drug-likeness (QED) is 0.658. The van der Waals surface area contributed by atoms with Crippen LogP contribution >= 0.6 is 34.3 Å². The highest BCUT2D eigenvalue weighted by molar-refractivity contribution is 7.16. The Bertz CT molecular complexity index is 782. The summed E-state index contributed by atoms with van der Waals surface area (Å²) in [7, 11) is 1.78. The Morgan fingerprint density at radius 3 is 2.91 bits per heavy atom. The second-order valence-corrected chi connectivity index (χ2v) is 7.55. The number of halogens is 1. The van der Waals surface area contributed by atoms with Crippen LogP contribution in [0, 0.1) is 0 Å². The summed E-state index contributed by atoms with van der Waals surface area (Å²) in [5.74, 6) is 1.01. The van der Waals surface area contributed by atoms with E-state index in [9.17, 15) is 4.79 Å². The molecule has 0 spiro atoms. The maximum absolute atomic E-state index is 12.2. The zero-order valence-electron chi connectivity index (χ0n) is 12.4. The molecular weight excluding hydrogens is 354 g/mol. The van der Waals surface area contributed by atoms with Gasteiger partial charge in [0.1, 0.15) is 0 Å². The minimum Gasteiger partial charge on any atom is -0.421 e. The number of thiophene rings is 2. The number of rotatable bonds is 6. The predicted molar refractivity (Wildman–Crippen MR) is 91.7 cm³/mol. The summed E-state index contributed by atoms with van der Waals surface area (Å²) < 4.78 is 6.31. The van der Waals surface area contributed by atoms with Crippen LogP contribution in [0.4, 0.5) is 0 Å². The average Bonchev–Trinajstić information content (AvgIpc) is 3.26. The SMILES string of the molecule is CN(Cc1ccc(Cl)s1)C(=O)CCc1nnc(-c2ccsc2)o1. The molecule has 120 valence electrons. The van der Waals surface area contributed by atoms with Gasteiger partial charge in [0.25, 0.3) is 0 Å². The molecule has 0 saturated heterocycles. The van der Waals surface area contributed by atoms with E-state index in [0.29, 0.717) is 31.2 Å². The Kier molecular flexibility index (Phi) is 5.09. The third-order valence-corrected chi connectivity index (χ3v) is 5.13. The van der Waals surface area contributed by atoms with Gasteiger partial charge in [-0.15, -0.1) is 21.5 Å². The molecule has 0 atom stereocenters. The van der Waals surface area contributed by atoms with Crippen molar-refractivity contribution in [2.24, 2.45) is 0 Å². The molecule has 0 aromatic carbocycles. The molecule has 0 aliphatic carbocycles. The van der Waals surface area contributed by atoms with E-state index in [1.165, 1.54) is 11.3 Å². The van der Waals surface area contributed by atoms with E-state index in [1.54, 1.807) is 23.3 Å². The molecule has 1 amide bonds. The summed E-state index contributed by atoms with van der Waals surface area (Å²) in [6.45, 7) is 0.556. The number of nitrogens with zero attached hydrogens (tertiary/aromatic N) is 3. The third kappa shape index (κ3) is 4.19. The Morgan fingerprint density at radius 2 is 2.22 bits per heavy atom. The van der Waals surface area contributed by atoms with Gasteiger partial charge in [-0.2, -0.15) is 11.3 Å². The van der Waals surface area contributed by atoms with Gasteiger partial charge in [-0.05, 0) is 23.6 Å². The van der Waals surface area contributed by atoms with Crippen molar-refractivity contribution in [3.05, 3.63) is 44.1 Å². The van der Waals surface area contributed by atoms with Crippen LogP contribution in [0.3, 0.4) is 0 Å². The number of hydrogen-bond donors (Lipinski definition) is 0. The normalized spacial score (nSPS) is 10.9. The summed E-state index contributed by atoms with van der Waals surface area (Å²) in [6.07, 6.45) is 0.770. The first kappa shape index (κ1) is 16.2. The van der Waals surface area contributed by atoms with Crippen LogP contribution in [0.5, 0.6) is 0 Å². The second kappa shape index (κ2) is 7.25. The van der Waals surface area contributed by atoms with Crippen molar-refractivity contribution in [3.63, 3.8) is 0 Å². The summed E-state index contributed by atoms with van der Waals surface area (Å²) in [5, 5.41) is 11.9. The fourth-order valence-corrected chi connectivity index (χ4v) is 3.79. The van der Waals surface area contributed by atoms with E-state index < -0.39 is 0 Å².